The summed E-state index contributed by atoms with van der Waals surface area (Å²) in [5, 5.41) is 3.02. The number of furan rings is 1. The van der Waals surface area contributed by atoms with E-state index in [0.717, 1.165) is 62.8 Å². The SMILES string of the molecule is Cn1cnc2c1C(C(=O)NCc1ccco1)CN(CC1CCOCC1)C2. The van der Waals surface area contributed by atoms with Gasteiger partial charge in [0.25, 0.3) is 0 Å². The second kappa shape index (κ2) is 7.63. The zero-order chi connectivity index (χ0) is 17.9. The lowest BCUT2D eigenvalue weighted by Gasteiger charge is -2.35. The minimum atomic E-state index is -0.207. The third-order valence-electron chi connectivity index (χ3n) is 5.40. The molecule has 1 fully saturated rings. The Labute approximate surface area is 153 Å². The Hall–Kier alpha value is -2.12. The summed E-state index contributed by atoms with van der Waals surface area (Å²) < 4.78 is 12.8. The number of nitrogens with one attached hydrogen (secondary N) is 1. The number of fused-ring (bicyclic) bond motifs is 1. The van der Waals surface area contributed by atoms with Gasteiger partial charge in [0.15, 0.2) is 0 Å². The average molecular weight is 358 g/mol. The Morgan fingerprint density at radius 2 is 2.23 bits per heavy atom. The van der Waals surface area contributed by atoms with Gasteiger partial charge >= 0.3 is 0 Å². The second-order valence-electron chi connectivity index (χ2n) is 7.29. The summed E-state index contributed by atoms with van der Waals surface area (Å²) in [5.41, 5.74) is 2.05. The van der Waals surface area contributed by atoms with Crippen molar-refractivity contribution in [3.63, 3.8) is 0 Å². The number of rotatable bonds is 5. The molecule has 0 bridgehead atoms. The van der Waals surface area contributed by atoms with Gasteiger partial charge in [-0.3, -0.25) is 9.69 Å². The standard InChI is InChI=1S/C19H26N4O3/c1-22-13-21-17-12-23(10-14-4-7-25-8-5-14)11-16(18(17)22)19(24)20-9-15-3-2-6-26-15/h2-3,6,13-14,16H,4-5,7-12H2,1H3,(H,20,24). The first-order chi connectivity index (χ1) is 12.7. The van der Waals surface area contributed by atoms with E-state index >= 15 is 0 Å². The maximum absolute atomic E-state index is 12.9. The first-order valence-electron chi connectivity index (χ1n) is 9.31. The molecule has 2 aliphatic rings. The summed E-state index contributed by atoms with van der Waals surface area (Å²) in [4.78, 5) is 19.8. The number of carbonyl (C=O) groups excluding carboxylic acids is 1. The molecule has 0 saturated carbocycles. The summed E-state index contributed by atoms with van der Waals surface area (Å²) >= 11 is 0. The summed E-state index contributed by atoms with van der Waals surface area (Å²) in [6.45, 7) is 4.65. The van der Waals surface area contributed by atoms with Gasteiger partial charge in [-0.05, 0) is 30.9 Å². The first kappa shape index (κ1) is 17.3. The second-order valence-corrected chi connectivity index (χ2v) is 7.29. The summed E-state index contributed by atoms with van der Waals surface area (Å²) in [5.74, 6) is 1.23. The highest BCUT2D eigenvalue weighted by atomic mass is 16.5. The quantitative estimate of drug-likeness (QED) is 0.880. The summed E-state index contributed by atoms with van der Waals surface area (Å²) in [6, 6.07) is 3.70. The number of ether oxygens (including phenoxy) is 1. The van der Waals surface area contributed by atoms with Crippen molar-refractivity contribution in [1.82, 2.24) is 19.8 Å². The molecule has 4 heterocycles. The molecule has 0 aromatic carbocycles. The number of amides is 1. The minimum absolute atomic E-state index is 0.0305. The van der Waals surface area contributed by atoms with Crippen molar-refractivity contribution < 1.29 is 13.9 Å². The molecule has 4 rings (SSSR count). The van der Waals surface area contributed by atoms with Crippen LogP contribution >= 0.6 is 0 Å². The molecular formula is C19H26N4O3. The van der Waals surface area contributed by atoms with Crippen LogP contribution in [0.4, 0.5) is 0 Å². The molecule has 7 nitrogen and oxygen atoms in total. The first-order valence-corrected chi connectivity index (χ1v) is 9.31. The van der Waals surface area contributed by atoms with Crippen LogP contribution < -0.4 is 5.32 Å². The third kappa shape index (κ3) is 3.68. The van der Waals surface area contributed by atoms with Crippen molar-refractivity contribution in [2.75, 3.05) is 26.3 Å². The number of carbonyl (C=O) groups is 1. The molecule has 26 heavy (non-hydrogen) atoms. The number of hydrogen-bond donors (Lipinski definition) is 1. The highest BCUT2D eigenvalue weighted by Crippen LogP contribution is 2.29. The maximum atomic E-state index is 12.9. The number of imidazole rings is 1. The van der Waals surface area contributed by atoms with Crippen LogP contribution in [0.1, 0.15) is 35.9 Å². The van der Waals surface area contributed by atoms with Crippen LogP contribution in [-0.4, -0.2) is 46.7 Å². The Morgan fingerprint density at radius 3 is 3.00 bits per heavy atom. The van der Waals surface area contributed by atoms with Gasteiger partial charge < -0.3 is 19.0 Å². The highest BCUT2D eigenvalue weighted by Gasteiger charge is 2.34. The predicted octanol–water partition coefficient (Wildman–Crippen LogP) is 1.66. The average Bonchev–Trinajstić information content (AvgIpc) is 3.30. The van der Waals surface area contributed by atoms with E-state index < -0.39 is 0 Å². The highest BCUT2D eigenvalue weighted by molar-refractivity contribution is 5.84. The van der Waals surface area contributed by atoms with Crippen molar-refractivity contribution in [3.05, 3.63) is 41.9 Å². The van der Waals surface area contributed by atoms with E-state index in [1.807, 2.05) is 30.1 Å². The number of nitrogens with zero attached hydrogens (tertiary/aromatic N) is 3. The normalized spacial score (nSPS) is 21.5. The van der Waals surface area contributed by atoms with Crippen LogP contribution in [0.2, 0.25) is 0 Å². The molecule has 2 aromatic rings. The fourth-order valence-corrected chi connectivity index (χ4v) is 4.03. The van der Waals surface area contributed by atoms with E-state index in [1.165, 1.54) is 0 Å². The van der Waals surface area contributed by atoms with E-state index in [-0.39, 0.29) is 11.8 Å². The van der Waals surface area contributed by atoms with Crippen LogP contribution in [0, 0.1) is 5.92 Å². The van der Waals surface area contributed by atoms with E-state index in [4.69, 9.17) is 9.15 Å². The zero-order valence-electron chi connectivity index (χ0n) is 15.2. The largest absolute Gasteiger partial charge is 0.467 e. The van der Waals surface area contributed by atoms with Crippen molar-refractivity contribution >= 4 is 5.91 Å². The van der Waals surface area contributed by atoms with Gasteiger partial charge in [0.05, 0.1) is 36.4 Å². The Kier molecular flexibility index (Phi) is 5.08. The molecule has 1 amide bonds. The summed E-state index contributed by atoms with van der Waals surface area (Å²) in [7, 11) is 1.97. The van der Waals surface area contributed by atoms with Gasteiger partial charge in [-0.1, -0.05) is 0 Å². The van der Waals surface area contributed by atoms with Gasteiger partial charge in [-0.2, -0.15) is 0 Å². The molecule has 140 valence electrons. The molecule has 0 radical (unpaired) electrons. The molecule has 1 unspecified atom stereocenters. The van der Waals surface area contributed by atoms with Gasteiger partial charge in [-0.15, -0.1) is 0 Å². The van der Waals surface area contributed by atoms with Crippen molar-refractivity contribution in [3.8, 4) is 0 Å². The number of aromatic nitrogens is 2. The van der Waals surface area contributed by atoms with E-state index in [2.05, 4.69) is 15.2 Å². The number of aryl methyl sites for hydroxylation is 1. The van der Waals surface area contributed by atoms with Crippen LogP contribution in [0.15, 0.2) is 29.1 Å². The molecule has 0 aliphatic carbocycles. The van der Waals surface area contributed by atoms with Gasteiger partial charge in [0.1, 0.15) is 5.76 Å². The maximum Gasteiger partial charge on any atom is 0.230 e. The van der Waals surface area contributed by atoms with Crippen LogP contribution in [0.3, 0.4) is 0 Å². The monoisotopic (exact) mass is 358 g/mol. The van der Waals surface area contributed by atoms with Crippen LogP contribution in [0.5, 0.6) is 0 Å². The Balaban J connectivity index is 1.46. The molecule has 7 heteroatoms. The third-order valence-corrected chi connectivity index (χ3v) is 5.40. The van der Waals surface area contributed by atoms with Crippen molar-refractivity contribution in [1.29, 1.82) is 0 Å². The molecular weight excluding hydrogens is 332 g/mol. The van der Waals surface area contributed by atoms with Crippen molar-refractivity contribution in [2.45, 2.75) is 31.8 Å². The van der Waals surface area contributed by atoms with E-state index in [9.17, 15) is 4.79 Å². The molecule has 2 aromatic heterocycles. The van der Waals surface area contributed by atoms with Crippen LogP contribution in [0.25, 0.3) is 0 Å². The topological polar surface area (TPSA) is 72.5 Å². The molecule has 0 spiro atoms. The molecule has 1 N–H and O–H groups in total. The lowest BCUT2D eigenvalue weighted by Crippen LogP contribution is -2.44. The Bertz CT molecular complexity index is 734. The predicted molar refractivity (Wildman–Crippen MR) is 95.3 cm³/mol. The van der Waals surface area contributed by atoms with E-state index in [1.54, 1.807) is 6.26 Å². The minimum Gasteiger partial charge on any atom is -0.467 e. The Morgan fingerprint density at radius 1 is 1.38 bits per heavy atom. The van der Waals surface area contributed by atoms with Crippen molar-refractivity contribution in [2.24, 2.45) is 13.0 Å². The van der Waals surface area contributed by atoms with Gasteiger partial charge in [-0.25, -0.2) is 4.98 Å². The number of hydrogen-bond acceptors (Lipinski definition) is 5. The van der Waals surface area contributed by atoms with Gasteiger partial charge in [0, 0.05) is 39.9 Å². The zero-order valence-corrected chi connectivity index (χ0v) is 15.2. The lowest BCUT2D eigenvalue weighted by molar-refractivity contribution is -0.123. The molecule has 1 saturated heterocycles. The summed E-state index contributed by atoms with van der Waals surface area (Å²) in [6.07, 6.45) is 5.63. The molecule has 1 atom stereocenters. The fraction of sp³-hybridized carbons (Fsp3) is 0.579. The van der Waals surface area contributed by atoms with Crippen LogP contribution in [-0.2, 0) is 29.7 Å². The fourth-order valence-electron chi connectivity index (χ4n) is 4.03. The van der Waals surface area contributed by atoms with Gasteiger partial charge in [0.2, 0.25) is 5.91 Å². The lowest BCUT2D eigenvalue weighted by atomic mass is 9.94. The smallest absolute Gasteiger partial charge is 0.230 e. The molecule has 2 aliphatic heterocycles. The van der Waals surface area contributed by atoms with E-state index in [0.29, 0.717) is 12.5 Å².